The van der Waals surface area contributed by atoms with E-state index in [1.54, 1.807) is 0 Å². The van der Waals surface area contributed by atoms with Crippen molar-refractivity contribution in [1.82, 2.24) is 0 Å². The van der Waals surface area contributed by atoms with Gasteiger partial charge in [0, 0.05) is 0 Å². The van der Waals surface area contributed by atoms with Gasteiger partial charge in [-0.15, -0.1) is 0 Å². The number of ether oxygens (including phenoxy) is 1. The van der Waals surface area contributed by atoms with Crippen LogP contribution in [0, 0.1) is 0 Å². The van der Waals surface area contributed by atoms with Crippen molar-refractivity contribution in [1.29, 1.82) is 0 Å². The third-order valence-corrected chi connectivity index (χ3v) is 14.1. The van der Waals surface area contributed by atoms with Crippen LogP contribution in [0.25, 0.3) is 0 Å². The van der Waals surface area contributed by atoms with Crippen molar-refractivity contribution in [3.05, 3.63) is 41.5 Å². The topological polar surface area (TPSA) is 9.23 Å². The first-order valence-electron chi connectivity index (χ1n) is 6.15. The van der Waals surface area contributed by atoms with Crippen LogP contribution in [0.4, 0.5) is 0 Å². The Morgan fingerprint density at radius 1 is 1.00 bits per heavy atom. The van der Waals surface area contributed by atoms with Crippen LogP contribution in [-0.2, 0) is 0 Å². The van der Waals surface area contributed by atoms with Crippen molar-refractivity contribution in [2.24, 2.45) is 0 Å². The van der Waals surface area contributed by atoms with Crippen LogP contribution in [0.5, 0.6) is 5.75 Å². The van der Waals surface area contributed by atoms with Crippen molar-refractivity contribution >= 4 is 13.3 Å². The summed E-state index contributed by atoms with van der Waals surface area (Å²) in [7, 11) is 0. The molecule has 0 bridgehead atoms. The van der Waals surface area contributed by atoms with Gasteiger partial charge in [0.05, 0.1) is 0 Å². The predicted octanol–water partition coefficient (Wildman–Crippen LogP) is 4.63. The van der Waals surface area contributed by atoms with Crippen molar-refractivity contribution < 1.29 is 4.74 Å². The fourth-order valence-corrected chi connectivity index (χ4v) is 7.24. The standard InChI is InChI=1S/C14H22GeO/c1-4-15(5-2,6-3)12-13-16-14-10-8-7-9-11-14/h7-13H,4-6H2,1-3H3/b13-12+. The van der Waals surface area contributed by atoms with Gasteiger partial charge < -0.3 is 0 Å². The predicted molar refractivity (Wildman–Crippen MR) is 73.4 cm³/mol. The number of para-hydroxylation sites is 1. The van der Waals surface area contributed by atoms with Gasteiger partial charge >= 0.3 is 102 Å². The molecule has 16 heavy (non-hydrogen) atoms. The summed E-state index contributed by atoms with van der Waals surface area (Å²) in [5.74, 6) is 0.929. The molecule has 1 aromatic rings. The van der Waals surface area contributed by atoms with Gasteiger partial charge in [0.25, 0.3) is 0 Å². The van der Waals surface area contributed by atoms with Crippen LogP contribution in [-0.4, -0.2) is 13.3 Å². The summed E-state index contributed by atoms with van der Waals surface area (Å²) in [6.45, 7) is 6.96. The van der Waals surface area contributed by atoms with E-state index in [0.29, 0.717) is 0 Å². The average Bonchev–Trinajstić information content (AvgIpc) is 2.37. The van der Waals surface area contributed by atoms with Crippen LogP contribution in [0.15, 0.2) is 41.5 Å². The molecule has 0 aliphatic carbocycles. The molecular formula is C14H22GeO. The molecule has 0 spiro atoms. The van der Waals surface area contributed by atoms with Gasteiger partial charge in [0.1, 0.15) is 0 Å². The molecule has 0 amide bonds. The molecule has 0 heterocycles. The third kappa shape index (κ3) is 3.71. The van der Waals surface area contributed by atoms with Gasteiger partial charge in [-0.25, -0.2) is 0 Å². The van der Waals surface area contributed by atoms with Crippen molar-refractivity contribution in [2.45, 2.75) is 36.5 Å². The van der Waals surface area contributed by atoms with Crippen LogP contribution in [0.3, 0.4) is 0 Å². The van der Waals surface area contributed by atoms with E-state index >= 15 is 0 Å². The van der Waals surface area contributed by atoms with E-state index in [4.69, 9.17) is 4.74 Å². The Hall–Kier alpha value is -0.697. The normalized spacial score (nSPS) is 11.9. The first-order valence-corrected chi connectivity index (χ1v) is 11.8. The zero-order valence-electron chi connectivity index (χ0n) is 10.6. The number of hydrogen-bond acceptors (Lipinski definition) is 1. The Kier molecular flexibility index (Phi) is 5.68. The molecule has 0 atom stereocenters. The van der Waals surface area contributed by atoms with Gasteiger partial charge in [-0.1, -0.05) is 0 Å². The minimum absolute atomic E-state index is 0.929. The Labute approximate surface area is 102 Å². The van der Waals surface area contributed by atoms with Crippen molar-refractivity contribution in [2.75, 3.05) is 0 Å². The Morgan fingerprint density at radius 2 is 1.56 bits per heavy atom. The van der Waals surface area contributed by atoms with E-state index in [2.05, 4.69) is 25.7 Å². The van der Waals surface area contributed by atoms with Gasteiger partial charge in [0.2, 0.25) is 0 Å². The van der Waals surface area contributed by atoms with Gasteiger partial charge in [-0.3, -0.25) is 0 Å². The summed E-state index contributed by atoms with van der Waals surface area (Å²) in [4.78, 5) is 2.40. The summed E-state index contributed by atoms with van der Waals surface area (Å²) in [5.41, 5.74) is 0. The molecule has 0 saturated heterocycles. The maximum atomic E-state index is 5.63. The maximum absolute atomic E-state index is 5.63. The third-order valence-electron chi connectivity index (χ3n) is 3.48. The van der Waals surface area contributed by atoms with Gasteiger partial charge in [-0.2, -0.15) is 0 Å². The SMILES string of the molecule is C[CH2][Ge](/[CH]=C/Oc1ccccc1)([CH2]C)[CH2]C. The molecule has 0 unspecified atom stereocenters. The van der Waals surface area contributed by atoms with Gasteiger partial charge in [-0.05, 0) is 0 Å². The van der Waals surface area contributed by atoms with Crippen molar-refractivity contribution in [3.8, 4) is 5.75 Å². The quantitative estimate of drug-likeness (QED) is 0.545. The molecule has 0 saturated carbocycles. The number of hydrogen-bond donors (Lipinski definition) is 0. The zero-order chi connectivity index (χ0) is 11.9. The molecule has 2 heteroatoms. The molecule has 0 aliphatic heterocycles. The Morgan fingerprint density at radius 3 is 2.06 bits per heavy atom. The second kappa shape index (κ2) is 6.79. The first-order chi connectivity index (χ1) is 7.76. The molecule has 0 radical (unpaired) electrons. The van der Waals surface area contributed by atoms with Crippen LogP contribution >= 0.6 is 0 Å². The van der Waals surface area contributed by atoms with E-state index in [-0.39, 0.29) is 0 Å². The summed E-state index contributed by atoms with van der Waals surface area (Å²) >= 11 is -1.69. The number of rotatable bonds is 6. The summed E-state index contributed by atoms with van der Waals surface area (Å²) in [6.07, 6.45) is 1.92. The number of benzene rings is 1. The minimum atomic E-state index is -1.69. The molecule has 1 aromatic carbocycles. The summed E-state index contributed by atoms with van der Waals surface area (Å²) in [5, 5.41) is 4.05. The van der Waals surface area contributed by atoms with E-state index in [0.717, 1.165) is 5.75 Å². The Bertz CT molecular complexity index is 307. The summed E-state index contributed by atoms with van der Waals surface area (Å²) in [6, 6.07) is 9.98. The first kappa shape index (κ1) is 13.4. The molecule has 0 aromatic heterocycles. The molecule has 0 aliphatic rings. The monoisotopic (exact) mass is 280 g/mol. The molecule has 1 rings (SSSR count). The zero-order valence-corrected chi connectivity index (χ0v) is 12.7. The van der Waals surface area contributed by atoms with E-state index in [9.17, 15) is 0 Å². The fourth-order valence-electron chi connectivity index (χ4n) is 1.86. The van der Waals surface area contributed by atoms with Crippen LogP contribution in [0.2, 0.25) is 15.8 Å². The van der Waals surface area contributed by atoms with E-state index < -0.39 is 13.3 Å². The molecule has 1 nitrogen and oxygen atoms in total. The second-order valence-corrected chi connectivity index (χ2v) is 15.0. The second-order valence-electron chi connectivity index (χ2n) is 4.16. The molecule has 0 N–H and O–H groups in total. The van der Waals surface area contributed by atoms with E-state index in [1.807, 2.05) is 36.6 Å². The van der Waals surface area contributed by atoms with Crippen molar-refractivity contribution in [3.63, 3.8) is 0 Å². The van der Waals surface area contributed by atoms with E-state index in [1.165, 1.54) is 15.8 Å². The average molecular weight is 279 g/mol. The van der Waals surface area contributed by atoms with Crippen LogP contribution < -0.4 is 4.74 Å². The molecule has 88 valence electrons. The van der Waals surface area contributed by atoms with Gasteiger partial charge in [0.15, 0.2) is 0 Å². The van der Waals surface area contributed by atoms with Crippen LogP contribution in [0.1, 0.15) is 20.8 Å². The molecular weight excluding hydrogens is 257 g/mol. The fraction of sp³-hybridized carbons (Fsp3) is 0.429. The molecule has 0 fully saturated rings. The Balaban J connectivity index is 2.59. The summed E-state index contributed by atoms with van der Waals surface area (Å²) < 4.78 is 5.63.